The second-order valence-electron chi connectivity index (χ2n) is 10.6. The molecule has 2 amide bonds. The monoisotopic (exact) mass is 566 g/mol. The highest BCUT2D eigenvalue weighted by Gasteiger charge is 2.28. The standard InChI is InChI=1S/C35H35FN2O4/c36-29-17-13-25(14-18-29)21-32(33(40)20-16-27-11-6-10-26-9-4-5-12-31(26)27)38-35(42)28(23-34(37)41)22-30(39)19-15-24-7-2-1-3-8-24/h1-14,17-18,28,32H,15-16,19-23H2,(H2,37,41)(H,38,42)/t28-,32-/m0/s1. The van der Waals surface area contributed by atoms with Crippen molar-refractivity contribution >= 4 is 34.2 Å². The first-order valence-corrected chi connectivity index (χ1v) is 14.2. The van der Waals surface area contributed by atoms with Crippen molar-refractivity contribution in [1.82, 2.24) is 5.32 Å². The lowest BCUT2D eigenvalue weighted by molar-refractivity contribution is -0.134. The van der Waals surface area contributed by atoms with Crippen molar-refractivity contribution in [2.45, 2.75) is 51.0 Å². The number of amides is 2. The van der Waals surface area contributed by atoms with Gasteiger partial charge in [-0.3, -0.25) is 19.2 Å². The maximum Gasteiger partial charge on any atom is 0.224 e. The smallest absolute Gasteiger partial charge is 0.224 e. The molecule has 0 saturated heterocycles. The summed E-state index contributed by atoms with van der Waals surface area (Å²) in [4.78, 5) is 51.6. The third kappa shape index (κ3) is 8.93. The maximum absolute atomic E-state index is 13.5. The van der Waals surface area contributed by atoms with Crippen molar-refractivity contribution in [2.75, 3.05) is 0 Å². The molecule has 3 N–H and O–H groups in total. The van der Waals surface area contributed by atoms with Crippen LogP contribution in [-0.4, -0.2) is 29.4 Å². The van der Waals surface area contributed by atoms with Gasteiger partial charge in [0.25, 0.3) is 0 Å². The normalized spacial score (nSPS) is 12.4. The van der Waals surface area contributed by atoms with Crippen LogP contribution in [0.15, 0.2) is 97.1 Å². The van der Waals surface area contributed by atoms with Crippen molar-refractivity contribution in [2.24, 2.45) is 11.7 Å². The van der Waals surface area contributed by atoms with Crippen LogP contribution in [0.3, 0.4) is 0 Å². The molecule has 0 radical (unpaired) electrons. The van der Waals surface area contributed by atoms with Crippen LogP contribution in [0.2, 0.25) is 0 Å². The largest absolute Gasteiger partial charge is 0.370 e. The van der Waals surface area contributed by atoms with E-state index >= 15 is 0 Å². The Bertz CT molecular complexity index is 1530. The summed E-state index contributed by atoms with van der Waals surface area (Å²) in [6.07, 6.45) is 1.05. The molecule has 216 valence electrons. The van der Waals surface area contributed by atoms with Crippen molar-refractivity contribution < 1.29 is 23.6 Å². The lowest BCUT2D eigenvalue weighted by Gasteiger charge is -2.22. The Morgan fingerprint density at radius 3 is 2.14 bits per heavy atom. The number of rotatable bonds is 15. The molecule has 0 aliphatic rings. The van der Waals surface area contributed by atoms with Crippen molar-refractivity contribution in [3.05, 3.63) is 120 Å². The predicted molar refractivity (Wildman–Crippen MR) is 161 cm³/mol. The lowest BCUT2D eigenvalue weighted by atomic mass is 9.92. The number of aryl methyl sites for hydroxylation is 2. The molecule has 0 aliphatic carbocycles. The number of benzene rings is 4. The molecule has 0 aromatic heterocycles. The van der Waals surface area contributed by atoms with Gasteiger partial charge in [-0.15, -0.1) is 0 Å². The van der Waals surface area contributed by atoms with Gasteiger partial charge in [-0.05, 0) is 58.9 Å². The summed E-state index contributed by atoms with van der Waals surface area (Å²) in [6, 6.07) is 28.2. The summed E-state index contributed by atoms with van der Waals surface area (Å²) in [6.45, 7) is 0. The van der Waals surface area contributed by atoms with Gasteiger partial charge in [0.2, 0.25) is 11.8 Å². The lowest BCUT2D eigenvalue weighted by Crippen LogP contribution is -2.46. The van der Waals surface area contributed by atoms with Gasteiger partial charge in [0.1, 0.15) is 11.6 Å². The van der Waals surface area contributed by atoms with E-state index in [2.05, 4.69) is 5.32 Å². The number of hydrogen-bond donors (Lipinski definition) is 2. The predicted octanol–water partition coefficient (Wildman–Crippen LogP) is 5.29. The van der Waals surface area contributed by atoms with Crippen LogP contribution < -0.4 is 11.1 Å². The number of Topliss-reactive ketones (excluding diaryl/α,β-unsaturated/α-hetero) is 2. The van der Waals surface area contributed by atoms with E-state index in [9.17, 15) is 23.6 Å². The Balaban J connectivity index is 1.47. The molecule has 6 nitrogen and oxygen atoms in total. The highest BCUT2D eigenvalue weighted by atomic mass is 19.1. The van der Waals surface area contributed by atoms with Gasteiger partial charge in [-0.1, -0.05) is 84.9 Å². The quantitative estimate of drug-likeness (QED) is 0.204. The molecule has 42 heavy (non-hydrogen) atoms. The SMILES string of the molecule is NC(=O)C[C@H](CC(=O)CCc1ccccc1)C(=O)N[C@@H](Cc1ccc(F)cc1)C(=O)CCc1cccc2ccccc12. The minimum atomic E-state index is -0.993. The van der Waals surface area contributed by atoms with Gasteiger partial charge in [0.05, 0.1) is 12.0 Å². The van der Waals surface area contributed by atoms with E-state index < -0.39 is 29.6 Å². The van der Waals surface area contributed by atoms with Gasteiger partial charge in [-0.25, -0.2) is 4.39 Å². The van der Waals surface area contributed by atoms with E-state index in [1.54, 1.807) is 12.1 Å². The molecule has 2 atom stereocenters. The summed E-state index contributed by atoms with van der Waals surface area (Å²) in [5, 5.41) is 4.93. The minimum Gasteiger partial charge on any atom is -0.370 e. The minimum absolute atomic E-state index is 0.144. The van der Waals surface area contributed by atoms with E-state index in [0.717, 1.165) is 21.9 Å². The molecule has 0 spiro atoms. The number of halogens is 1. The van der Waals surface area contributed by atoms with Crippen molar-refractivity contribution in [1.29, 1.82) is 0 Å². The fourth-order valence-corrected chi connectivity index (χ4v) is 5.14. The average Bonchev–Trinajstić information content (AvgIpc) is 2.99. The van der Waals surface area contributed by atoms with E-state index in [0.29, 0.717) is 18.4 Å². The van der Waals surface area contributed by atoms with Crippen LogP contribution in [0, 0.1) is 11.7 Å². The number of fused-ring (bicyclic) bond motifs is 1. The molecular weight excluding hydrogens is 531 g/mol. The summed E-state index contributed by atoms with van der Waals surface area (Å²) in [5.41, 5.74) is 8.11. The second kappa shape index (κ2) is 14.8. The molecule has 0 aliphatic heterocycles. The summed E-state index contributed by atoms with van der Waals surface area (Å²) in [7, 11) is 0. The van der Waals surface area contributed by atoms with Crippen molar-refractivity contribution in [3.8, 4) is 0 Å². The Kier molecular flexibility index (Phi) is 10.7. The van der Waals surface area contributed by atoms with Gasteiger partial charge >= 0.3 is 0 Å². The molecule has 0 heterocycles. The van der Waals surface area contributed by atoms with Gasteiger partial charge in [-0.2, -0.15) is 0 Å². The van der Waals surface area contributed by atoms with E-state index in [4.69, 9.17) is 5.73 Å². The number of carbonyl (C=O) groups is 4. The summed E-state index contributed by atoms with van der Waals surface area (Å²) >= 11 is 0. The van der Waals surface area contributed by atoms with Crippen LogP contribution in [0.25, 0.3) is 10.8 Å². The third-order valence-corrected chi connectivity index (χ3v) is 7.41. The second-order valence-corrected chi connectivity index (χ2v) is 10.6. The Labute approximate surface area is 245 Å². The van der Waals surface area contributed by atoms with E-state index in [1.165, 1.54) is 12.1 Å². The average molecular weight is 567 g/mol. The molecule has 0 unspecified atom stereocenters. The molecule has 0 fully saturated rings. The number of carbonyl (C=O) groups excluding carboxylic acids is 4. The number of nitrogens with one attached hydrogen (secondary N) is 1. The summed E-state index contributed by atoms with van der Waals surface area (Å²) in [5.74, 6) is -3.05. The summed E-state index contributed by atoms with van der Waals surface area (Å²) < 4.78 is 13.5. The molecule has 0 bridgehead atoms. The van der Waals surface area contributed by atoms with Crippen LogP contribution in [0.1, 0.15) is 42.4 Å². The number of primary amides is 1. The first-order chi connectivity index (χ1) is 20.3. The zero-order valence-corrected chi connectivity index (χ0v) is 23.4. The molecular formula is C35H35FN2O4. The molecule has 4 aromatic rings. The van der Waals surface area contributed by atoms with Gasteiger partial charge in [0.15, 0.2) is 5.78 Å². The molecule has 4 rings (SSSR count). The number of nitrogens with two attached hydrogens (primary N) is 1. The zero-order valence-electron chi connectivity index (χ0n) is 23.4. The molecule has 0 saturated carbocycles. The van der Waals surface area contributed by atoms with Gasteiger partial charge < -0.3 is 11.1 Å². The Morgan fingerprint density at radius 2 is 1.40 bits per heavy atom. The first-order valence-electron chi connectivity index (χ1n) is 14.2. The van der Waals surface area contributed by atoms with Crippen LogP contribution in [0.5, 0.6) is 0 Å². The fourth-order valence-electron chi connectivity index (χ4n) is 5.14. The number of hydrogen-bond acceptors (Lipinski definition) is 4. The zero-order chi connectivity index (χ0) is 29.9. The van der Waals surface area contributed by atoms with E-state index in [-0.39, 0.29) is 43.7 Å². The highest BCUT2D eigenvalue weighted by molar-refractivity contribution is 5.94. The van der Waals surface area contributed by atoms with Crippen LogP contribution in [0.4, 0.5) is 4.39 Å². The van der Waals surface area contributed by atoms with Gasteiger partial charge in [0, 0.05) is 25.7 Å². The van der Waals surface area contributed by atoms with Crippen LogP contribution in [-0.2, 0) is 38.4 Å². The third-order valence-electron chi connectivity index (χ3n) is 7.41. The molecule has 4 aromatic carbocycles. The Hall–Kier alpha value is -4.65. The van der Waals surface area contributed by atoms with E-state index in [1.807, 2.05) is 72.8 Å². The fraction of sp³-hybridized carbons (Fsp3) is 0.257. The van der Waals surface area contributed by atoms with Crippen molar-refractivity contribution in [3.63, 3.8) is 0 Å². The topological polar surface area (TPSA) is 106 Å². The highest BCUT2D eigenvalue weighted by Crippen LogP contribution is 2.21. The number of ketones is 2. The Morgan fingerprint density at radius 1 is 0.714 bits per heavy atom. The maximum atomic E-state index is 13.5. The van der Waals surface area contributed by atoms with Crippen LogP contribution >= 0.6 is 0 Å². The first kappa shape index (κ1) is 30.3. The molecule has 7 heteroatoms.